The predicted molar refractivity (Wildman–Crippen MR) is 74.0 cm³/mol. The van der Waals surface area contributed by atoms with E-state index in [2.05, 4.69) is 0 Å². The van der Waals surface area contributed by atoms with Gasteiger partial charge >= 0.3 is 0 Å². The topological polar surface area (TPSA) is 43.1 Å². The van der Waals surface area contributed by atoms with Gasteiger partial charge in [0.25, 0.3) is 0 Å². The highest BCUT2D eigenvalue weighted by atomic mass is 35.5. The standard InChI is InChI=1S/C15H13ClFNO/c16-11-5-6-13(14(17)9-11)15(19)12-4-2-1-3-10(12)7-8-18/h1-6,9H,7-8,18H2. The van der Waals surface area contributed by atoms with E-state index in [9.17, 15) is 9.18 Å². The van der Waals surface area contributed by atoms with Crippen molar-refractivity contribution in [1.82, 2.24) is 0 Å². The first-order chi connectivity index (χ1) is 9.13. The second-order valence-corrected chi connectivity index (χ2v) is 4.59. The average Bonchev–Trinajstić information content (AvgIpc) is 2.39. The number of ketones is 1. The maximum atomic E-state index is 13.8. The largest absolute Gasteiger partial charge is 0.330 e. The fourth-order valence-corrected chi connectivity index (χ4v) is 2.09. The smallest absolute Gasteiger partial charge is 0.196 e. The lowest BCUT2D eigenvalue weighted by molar-refractivity contribution is 0.103. The van der Waals surface area contributed by atoms with E-state index < -0.39 is 5.82 Å². The molecule has 0 aliphatic rings. The quantitative estimate of drug-likeness (QED) is 0.872. The Hall–Kier alpha value is -1.71. The van der Waals surface area contributed by atoms with Crippen molar-refractivity contribution in [3.8, 4) is 0 Å². The summed E-state index contributed by atoms with van der Waals surface area (Å²) < 4.78 is 13.8. The predicted octanol–water partition coefficient (Wildman–Crippen LogP) is 3.21. The van der Waals surface area contributed by atoms with Crippen LogP contribution in [0.5, 0.6) is 0 Å². The van der Waals surface area contributed by atoms with E-state index in [1.54, 1.807) is 12.1 Å². The van der Waals surface area contributed by atoms with Crippen molar-refractivity contribution in [2.45, 2.75) is 6.42 Å². The summed E-state index contributed by atoms with van der Waals surface area (Å²) in [7, 11) is 0. The lowest BCUT2D eigenvalue weighted by Gasteiger charge is -2.08. The van der Waals surface area contributed by atoms with Crippen LogP contribution >= 0.6 is 11.6 Å². The molecule has 4 heteroatoms. The number of hydrogen-bond donors (Lipinski definition) is 1. The number of nitrogens with two attached hydrogens (primary N) is 1. The molecule has 0 amide bonds. The highest BCUT2D eigenvalue weighted by molar-refractivity contribution is 6.30. The molecule has 0 aliphatic heterocycles. The third-order valence-corrected chi connectivity index (χ3v) is 3.09. The zero-order chi connectivity index (χ0) is 13.8. The van der Waals surface area contributed by atoms with Gasteiger partial charge in [0.1, 0.15) is 5.82 Å². The molecule has 0 spiro atoms. The van der Waals surface area contributed by atoms with E-state index in [0.29, 0.717) is 18.5 Å². The van der Waals surface area contributed by atoms with Crippen LogP contribution in [0.4, 0.5) is 4.39 Å². The first kappa shape index (κ1) is 13.7. The molecular weight excluding hydrogens is 265 g/mol. The number of hydrogen-bond acceptors (Lipinski definition) is 2. The first-order valence-electron chi connectivity index (χ1n) is 5.91. The van der Waals surface area contributed by atoms with Crippen LogP contribution in [0.25, 0.3) is 0 Å². The Labute approximate surface area is 116 Å². The Morgan fingerprint density at radius 1 is 1.16 bits per heavy atom. The highest BCUT2D eigenvalue weighted by Gasteiger charge is 2.16. The van der Waals surface area contributed by atoms with Gasteiger partial charge in [0.05, 0.1) is 5.56 Å². The van der Waals surface area contributed by atoms with E-state index in [1.807, 2.05) is 12.1 Å². The number of carbonyl (C=O) groups is 1. The summed E-state index contributed by atoms with van der Waals surface area (Å²) in [5.74, 6) is -0.960. The average molecular weight is 278 g/mol. The molecule has 2 nitrogen and oxygen atoms in total. The van der Waals surface area contributed by atoms with Gasteiger partial charge in [-0.15, -0.1) is 0 Å². The zero-order valence-corrected chi connectivity index (χ0v) is 11.0. The minimum absolute atomic E-state index is 0.0221. The molecule has 0 unspecified atom stereocenters. The molecule has 0 aliphatic carbocycles. The summed E-state index contributed by atoms with van der Waals surface area (Å²) in [6.07, 6.45) is 0.580. The molecule has 19 heavy (non-hydrogen) atoms. The van der Waals surface area contributed by atoms with Crippen molar-refractivity contribution in [3.05, 3.63) is 70.0 Å². The Morgan fingerprint density at radius 2 is 1.89 bits per heavy atom. The van der Waals surface area contributed by atoms with Crippen molar-refractivity contribution in [2.24, 2.45) is 5.73 Å². The van der Waals surface area contributed by atoms with Crippen molar-refractivity contribution in [3.63, 3.8) is 0 Å². The van der Waals surface area contributed by atoms with Gasteiger partial charge in [-0.1, -0.05) is 35.9 Å². The maximum Gasteiger partial charge on any atom is 0.196 e. The molecule has 0 fully saturated rings. The SMILES string of the molecule is NCCc1ccccc1C(=O)c1ccc(Cl)cc1F. The van der Waals surface area contributed by atoms with Crippen LogP contribution in [-0.4, -0.2) is 12.3 Å². The van der Waals surface area contributed by atoms with Crippen LogP contribution in [0.15, 0.2) is 42.5 Å². The van der Waals surface area contributed by atoms with Crippen LogP contribution in [-0.2, 0) is 6.42 Å². The summed E-state index contributed by atoms with van der Waals surface area (Å²) in [5, 5.41) is 0.268. The summed E-state index contributed by atoms with van der Waals surface area (Å²) in [6.45, 7) is 0.438. The van der Waals surface area contributed by atoms with Gasteiger partial charge in [0, 0.05) is 10.6 Å². The molecule has 2 aromatic carbocycles. The Bertz CT molecular complexity index is 613. The van der Waals surface area contributed by atoms with Gasteiger partial charge in [0.2, 0.25) is 0 Å². The van der Waals surface area contributed by atoms with Crippen LogP contribution in [0.2, 0.25) is 5.02 Å². The molecule has 0 radical (unpaired) electrons. The van der Waals surface area contributed by atoms with Crippen LogP contribution in [0, 0.1) is 5.82 Å². The maximum absolute atomic E-state index is 13.8. The third-order valence-electron chi connectivity index (χ3n) is 2.85. The van der Waals surface area contributed by atoms with Gasteiger partial charge in [-0.3, -0.25) is 4.79 Å². The Balaban J connectivity index is 2.44. The fourth-order valence-electron chi connectivity index (χ4n) is 1.93. The van der Waals surface area contributed by atoms with Crippen LogP contribution in [0.1, 0.15) is 21.5 Å². The lowest BCUT2D eigenvalue weighted by Crippen LogP contribution is -2.11. The van der Waals surface area contributed by atoms with E-state index in [1.165, 1.54) is 12.1 Å². The van der Waals surface area contributed by atoms with Crippen molar-refractivity contribution < 1.29 is 9.18 Å². The second-order valence-electron chi connectivity index (χ2n) is 4.15. The number of halogens is 2. The molecule has 0 saturated heterocycles. The molecule has 2 N–H and O–H groups in total. The Kier molecular flexibility index (Phi) is 4.30. The second kappa shape index (κ2) is 5.95. The zero-order valence-electron chi connectivity index (χ0n) is 10.2. The molecule has 2 aromatic rings. The number of rotatable bonds is 4. The molecule has 0 atom stereocenters. The first-order valence-corrected chi connectivity index (χ1v) is 6.29. The summed E-state index contributed by atoms with van der Waals surface area (Å²) in [5.41, 5.74) is 6.84. The summed E-state index contributed by atoms with van der Waals surface area (Å²) >= 11 is 5.68. The van der Waals surface area contributed by atoms with E-state index in [0.717, 1.165) is 11.6 Å². The molecule has 98 valence electrons. The molecule has 2 rings (SSSR count). The van der Waals surface area contributed by atoms with Crippen LogP contribution in [0.3, 0.4) is 0 Å². The summed E-state index contributed by atoms with van der Waals surface area (Å²) in [4.78, 5) is 12.4. The molecule has 0 bridgehead atoms. The van der Waals surface area contributed by atoms with Crippen molar-refractivity contribution in [1.29, 1.82) is 0 Å². The summed E-state index contributed by atoms with van der Waals surface area (Å²) in [6, 6.07) is 11.1. The molecular formula is C15H13ClFNO. The fraction of sp³-hybridized carbons (Fsp3) is 0.133. The highest BCUT2D eigenvalue weighted by Crippen LogP contribution is 2.20. The van der Waals surface area contributed by atoms with Gasteiger partial charge in [-0.2, -0.15) is 0 Å². The van der Waals surface area contributed by atoms with Gasteiger partial charge < -0.3 is 5.73 Å². The monoisotopic (exact) mass is 277 g/mol. The van der Waals surface area contributed by atoms with Gasteiger partial charge in [-0.25, -0.2) is 4.39 Å². The number of benzene rings is 2. The molecule has 0 saturated carbocycles. The van der Waals surface area contributed by atoms with Gasteiger partial charge in [0.15, 0.2) is 5.78 Å². The van der Waals surface area contributed by atoms with Crippen molar-refractivity contribution >= 4 is 17.4 Å². The molecule has 0 heterocycles. The van der Waals surface area contributed by atoms with E-state index in [-0.39, 0.29) is 16.4 Å². The third kappa shape index (κ3) is 3.00. The van der Waals surface area contributed by atoms with E-state index in [4.69, 9.17) is 17.3 Å². The minimum Gasteiger partial charge on any atom is -0.330 e. The lowest BCUT2D eigenvalue weighted by atomic mass is 9.96. The Morgan fingerprint density at radius 3 is 2.58 bits per heavy atom. The minimum atomic E-state index is -0.611. The van der Waals surface area contributed by atoms with Gasteiger partial charge in [-0.05, 0) is 36.7 Å². The molecule has 0 aromatic heterocycles. The van der Waals surface area contributed by atoms with Crippen molar-refractivity contribution in [2.75, 3.05) is 6.54 Å². The normalized spacial score (nSPS) is 10.5. The van der Waals surface area contributed by atoms with Crippen LogP contribution < -0.4 is 5.73 Å². The van der Waals surface area contributed by atoms with E-state index >= 15 is 0 Å². The number of carbonyl (C=O) groups excluding carboxylic acids is 1.